The number of nitrogens with one attached hydrogen (secondary N) is 1. The van der Waals surface area contributed by atoms with E-state index in [2.05, 4.69) is 5.32 Å². The number of aryl methyl sites for hydroxylation is 1. The number of hydrogen-bond donors (Lipinski definition) is 2. The number of amides is 1. The van der Waals surface area contributed by atoms with E-state index in [0.29, 0.717) is 26.0 Å². The number of carbonyl (C=O) groups is 2. The smallest absolute Gasteiger partial charge is 0.339 e. The summed E-state index contributed by atoms with van der Waals surface area (Å²) in [5.41, 5.74) is 1.62. The van der Waals surface area contributed by atoms with E-state index in [1.165, 1.54) is 11.3 Å². The van der Waals surface area contributed by atoms with Gasteiger partial charge in [0.05, 0.1) is 5.56 Å². The summed E-state index contributed by atoms with van der Waals surface area (Å²) in [6, 6.07) is 8.53. The van der Waals surface area contributed by atoms with Crippen LogP contribution in [0.25, 0.3) is 11.1 Å². The second-order valence-corrected chi connectivity index (χ2v) is 8.34. The van der Waals surface area contributed by atoms with Crippen LogP contribution < -0.4 is 5.32 Å². The molecule has 128 valence electrons. The molecule has 0 aliphatic carbocycles. The van der Waals surface area contributed by atoms with Crippen molar-refractivity contribution in [3.8, 4) is 11.1 Å². The van der Waals surface area contributed by atoms with Crippen LogP contribution in [0.2, 0.25) is 9.36 Å². The Morgan fingerprint density at radius 3 is 2.40 bits per heavy atom. The van der Waals surface area contributed by atoms with Gasteiger partial charge in [-0.3, -0.25) is 4.79 Å². The van der Waals surface area contributed by atoms with Crippen molar-refractivity contribution in [1.82, 2.24) is 0 Å². The zero-order chi connectivity index (χ0) is 18.1. The zero-order valence-electron chi connectivity index (χ0n) is 12.8. The molecule has 0 saturated carbocycles. The van der Waals surface area contributed by atoms with Crippen molar-refractivity contribution in [2.45, 2.75) is 6.92 Å². The minimum Gasteiger partial charge on any atom is -0.478 e. The third-order valence-electron chi connectivity index (χ3n) is 3.44. The third-order valence-corrected chi connectivity index (χ3v) is 5.86. The third kappa shape index (κ3) is 3.72. The fourth-order valence-electron chi connectivity index (χ4n) is 2.32. The number of benzene rings is 1. The summed E-state index contributed by atoms with van der Waals surface area (Å²) >= 11 is 14.4. The van der Waals surface area contributed by atoms with Gasteiger partial charge in [0.25, 0.3) is 5.91 Å². The van der Waals surface area contributed by atoms with Crippen molar-refractivity contribution in [3.63, 3.8) is 0 Å². The quantitative estimate of drug-likeness (QED) is 0.549. The highest BCUT2D eigenvalue weighted by Gasteiger charge is 2.22. The molecule has 3 aromatic rings. The van der Waals surface area contributed by atoms with Crippen LogP contribution in [0.4, 0.5) is 5.00 Å². The van der Waals surface area contributed by atoms with Crippen LogP contribution in [0.5, 0.6) is 0 Å². The molecule has 0 unspecified atom stereocenters. The van der Waals surface area contributed by atoms with Crippen molar-refractivity contribution in [1.29, 1.82) is 0 Å². The molecular formula is C17H11Cl2NO3S2. The fraction of sp³-hybridized carbons (Fsp3) is 0.0588. The van der Waals surface area contributed by atoms with Gasteiger partial charge in [-0.05, 0) is 30.7 Å². The fourth-order valence-corrected chi connectivity index (χ4v) is 4.62. The number of hydrogen-bond acceptors (Lipinski definition) is 4. The van der Waals surface area contributed by atoms with Gasteiger partial charge in [-0.2, -0.15) is 0 Å². The lowest BCUT2D eigenvalue weighted by Gasteiger charge is -2.06. The van der Waals surface area contributed by atoms with Crippen molar-refractivity contribution in [2.75, 3.05) is 5.32 Å². The summed E-state index contributed by atoms with van der Waals surface area (Å²) in [6.07, 6.45) is 0. The lowest BCUT2D eigenvalue weighted by molar-refractivity contribution is 0.0699. The summed E-state index contributed by atoms with van der Waals surface area (Å²) in [4.78, 5) is 25.1. The molecule has 1 aromatic carbocycles. The van der Waals surface area contributed by atoms with Crippen LogP contribution in [0, 0.1) is 6.92 Å². The molecule has 4 nitrogen and oxygen atoms in total. The Bertz CT molecular complexity index is 961. The van der Waals surface area contributed by atoms with Gasteiger partial charge < -0.3 is 10.4 Å². The molecule has 0 saturated heterocycles. The number of halogens is 2. The normalized spacial score (nSPS) is 10.7. The highest BCUT2D eigenvalue weighted by molar-refractivity contribution is 7.16. The van der Waals surface area contributed by atoms with E-state index in [1.54, 1.807) is 35.7 Å². The summed E-state index contributed by atoms with van der Waals surface area (Å²) in [7, 11) is 0. The van der Waals surface area contributed by atoms with Gasteiger partial charge in [0, 0.05) is 20.8 Å². The average molecular weight is 412 g/mol. The minimum absolute atomic E-state index is 0.0451. The van der Waals surface area contributed by atoms with Crippen LogP contribution in [0.1, 0.15) is 25.6 Å². The van der Waals surface area contributed by atoms with Crippen LogP contribution in [0.3, 0.4) is 0 Å². The van der Waals surface area contributed by atoms with Crippen molar-refractivity contribution in [2.24, 2.45) is 0 Å². The predicted molar refractivity (Wildman–Crippen MR) is 104 cm³/mol. The number of carboxylic acids is 1. The Morgan fingerprint density at radius 2 is 1.84 bits per heavy atom. The second kappa shape index (κ2) is 7.17. The van der Waals surface area contributed by atoms with Crippen LogP contribution in [0.15, 0.2) is 35.7 Å². The summed E-state index contributed by atoms with van der Waals surface area (Å²) < 4.78 is 0.376. The second-order valence-electron chi connectivity index (χ2n) is 5.16. The first-order valence-corrected chi connectivity index (χ1v) is 9.50. The van der Waals surface area contributed by atoms with E-state index >= 15 is 0 Å². The molecule has 1 amide bonds. The lowest BCUT2D eigenvalue weighted by Crippen LogP contribution is -2.13. The first kappa shape index (κ1) is 17.9. The molecule has 25 heavy (non-hydrogen) atoms. The molecule has 3 rings (SSSR count). The van der Waals surface area contributed by atoms with Crippen LogP contribution in [-0.4, -0.2) is 17.0 Å². The highest BCUT2D eigenvalue weighted by atomic mass is 35.5. The Kier molecular flexibility index (Phi) is 5.15. The van der Waals surface area contributed by atoms with Crippen molar-refractivity contribution < 1.29 is 14.7 Å². The molecule has 0 fully saturated rings. The van der Waals surface area contributed by atoms with Crippen molar-refractivity contribution in [3.05, 3.63) is 61.1 Å². The molecule has 2 aromatic heterocycles. The Morgan fingerprint density at radius 1 is 1.16 bits per heavy atom. The van der Waals surface area contributed by atoms with E-state index in [4.69, 9.17) is 23.2 Å². The summed E-state index contributed by atoms with van der Waals surface area (Å²) in [6.45, 7) is 1.85. The number of anilines is 1. The molecular weight excluding hydrogens is 401 g/mol. The maximum Gasteiger partial charge on any atom is 0.339 e. The number of thiophene rings is 2. The van der Waals surface area contributed by atoms with E-state index in [-0.39, 0.29) is 10.6 Å². The monoisotopic (exact) mass is 411 g/mol. The predicted octanol–water partition coefficient (Wildman–Crippen LogP) is 6.04. The van der Waals surface area contributed by atoms with Gasteiger partial charge in [0.1, 0.15) is 14.9 Å². The lowest BCUT2D eigenvalue weighted by atomic mass is 10.0. The number of rotatable bonds is 4. The van der Waals surface area contributed by atoms with Gasteiger partial charge in [-0.1, -0.05) is 35.3 Å². The maximum atomic E-state index is 12.4. The SMILES string of the molecule is Cc1cc(C(=O)Nc2scc(-c3ccc(Cl)cc3)c2C(=O)O)c(Cl)s1. The first-order chi connectivity index (χ1) is 11.9. The number of aromatic carboxylic acids is 1. The van der Waals surface area contributed by atoms with Gasteiger partial charge in [0.15, 0.2) is 0 Å². The van der Waals surface area contributed by atoms with Gasteiger partial charge in [-0.25, -0.2) is 4.79 Å². The molecule has 2 heterocycles. The topological polar surface area (TPSA) is 66.4 Å². The molecule has 8 heteroatoms. The van der Waals surface area contributed by atoms with E-state index in [0.717, 1.165) is 16.2 Å². The number of carboxylic acid groups (broad SMARTS) is 1. The summed E-state index contributed by atoms with van der Waals surface area (Å²) in [5.74, 6) is -1.55. The first-order valence-electron chi connectivity index (χ1n) is 7.05. The zero-order valence-corrected chi connectivity index (χ0v) is 15.9. The number of carbonyl (C=O) groups excluding carboxylic acids is 1. The van der Waals surface area contributed by atoms with Gasteiger partial charge >= 0.3 is 5.97 Å². The average Bonchev–Trinajstić information content (AvgIpc) is 3.11. The minimum atomic E-state index is -1.12. The van der Waals surface area contributed by atoms with Gasteiger partial charge in [0.2, 0.25) is 0 Å². The van der Waals surface area contributed by atoms with E-state index in [9.17, 15) is 14.7 Å². The standard InChI is InChI=1S/C17H11Cl2NO3S2/c1-8-6-11(14(19)25-8)15(21)20-16-13(17(22)23)12(7-24-16)9-2-4-10(18)5-3-9/h2-7H,1H3,(H,20,21)(H,22,23). The van der Waals surface area contributed by atoms with Crippen molar-refractivity contribution >= 4 is 62.8 Å². The van der Waals surface area contributed by atoms with E-state index in [1.807, 2.05) is 6.92 Å². The molecule has 0 spiro atoms. The Labute approximate surface area is 161 Å². The Hall–Kier alpha value is -1.86. The molecule has 0 atom stereocenters. The molecule has 0 radical (unpaired) electrons. The van der Waals surface area contributed by atoms with Crippen LogP contribution in [-0.2, 0) is 0 Å². The Balaban J connectivity index is 1.97. The van der Waals surface area contributed by atoms with Gasteiger partial charge in [-0.15, -0.1) is 22.7 Å². The molecule has 0 bridgehead atoms. The summed E-state index contributed by atoms with van der Waals surface area (Å²) in [5, 5.41) is 14.8. The maximum absolute atomic E-state index is 12.4. The largest absolute Gasteiger partial charge is 0.478 e. The van der Waals surface area contributed by atoms with Crippen LogP contribution >= 0.6 is 45.9 Å². The molecule has 0 aliphatic heterocycles. The molecule has 0 aliphatic rings. The molecule has 2 N–H and O–H groups in total. The van der Waals surface area contributed by atoms with E-state index < -0.39 is 11.9 Å². The highest BCUT2D eigenvalue weighted by Crippen LogP contribution is 2.37.